The summed E-state index contributed by atoms with van der Waals surface area (Å²) in [4.78, 5) is 33.6. The maximum Gasteiger partial charge on any atom is 0.243 e. The number of β-amino-alcohol motifs (C(OH)–C–C–N with tert-alkyl or cyclic N) is 1. The van der Waals surface area contributed by atoms with E-state index < -0.39 is 29.8 Å². The van der Waals surface area contributed by atoms with E-state index >= 15 is 0 Å². The molecule has 0 saturated carbocycles. The number of amides is 2. The van der Waals surface area contributed by atoms with Crippen molar-refractivity contribution >= 4 is 23.2 Å². The fourth-order valence-electron chi connectivity index (χ4n) is 4.48. The molecule has 1 unspecified atom stereocenters. The molecule has 11 heteroatoms. The second-order valence-corrected chi connectivity index (χ2v) is 11.6. The maximum atomic E-state index is 13.6. The summed E-state index contributed by atoms with van der Waals surface area (Å²) in [6.45, 7) is 9.09. The van der Waals surface area contributed by atoms with Crippen molar-refractivity contribution in [2.24, 2.45) is 11.1 Å². The molecular formula is C27H41N5O5S. The summed E-state index contributed by atoms with van der Waals surface area (Å²) >= 11 is 1.59. The number of ether oxygens (including phenoxy) is 1. The SMILES string of the molecule is Cc1ncsc1-c1ccc(CNC(=O)[C@@H]2C[C@@H](O)CN2C(=O)[C@@H](NC(O)CCOCCN)C(C)(C)C)cc1. The van der Waals surface area contributed by atoms with E-state index in [2.05, 4.69) is 15.6 Å². The lowest BCUT2D eigenvalue weighted by molar-refractivity contribution is -0.143. The molecule has 3 rings (SSSR count). The van der Waals surface area contributed by atoms with Crippen LogP contribution in [-0.2, 0) is 20.9 Å². The van der Waals surface area contributed by atoms with Gasteiger partial charge in [0, 0.05) is 32.5 Å². The number of likely N-dealkylation sites (tertiary alicyclic amines) is 1. The van der Waals surface area contributed by atoms with Crippen LogP contribution in [0.2, 0.25) is 0 Å². The van der Waals surface area contributed by atoms with Crippen molar-refractivity contribution in [1.29, 1.82) is 0 Å². The summed E-state index contributed by atoms with van der Waals surface area (Å²) in [5.41, 5.74) is 9.67. The van der Waals surface area contributed by atoms with Gasteiger partial charge in [0.05, 0.1) is 41.4 Å². The molecule has 1 aromatic heterocycles. The minimum atomic E-state index is -0.975. The minimum Gasteiger partial charge on any atom is -0.391 e. The molecule has 2 aromatic rings. The second kappa shape index (κ2) is 13.6. The number of nitrogens with zero attached hydrogens (tertiary/aromatic N) is 2. The maximum absolute atomic E-state index is 13.6. The molecule has 210 valence electrons. The van der Waals surface area contributed by atoms with Gasteiger partial charge in [-0.05, 0) is 23.5 Å². The summed E-state index contributed by atoms with van der Waals surface area (Å²) in [7, 11) is 0. The van der Waals surface area contributed by atoms with Crippen LogP contribution >= 0.6 is 11.3 Å². The molecule has 2 amide bonds. The molecular weight excluding hydrogens is 506 g/mol. The number of hydrogen-bond acceptors (Lipinski definition) is 9. The van der Waals surface area contributed by atoms with Gasteiger partial charge in [-0.1, -0.05) is 45.0 Å². The third-order valence-electron chi connectivity index (χ3n) is 6.56. The van der Waals surface area contributed by atoms with Crippen molar-refractivity contribution in [1.82, 2.24) is 20.5 Å². The largest absolute Gasteiger partial charge is 0.391 e. The topological polar surface area (TPSA) is 150 Å². The lowest BCUT2D eigenvalue weighted by Crippen LogP contribution is -2.58. The highest BCUT2D eigenvalue weighted by molar-refractivity contribution is 7.13. The molecule has 1 aliphatic heterocycles. The summed E-state index contributed by atoms with van der Waals surface area (Å²) < 4.78 is 5.33. The predicted molar refractivity (Wildman–Crippen MR) is 147 cm³/mol. The molecule has 0 radical (unpaired) electrons. The van der Waals surface area contributed by atoms with Gasteiger partial charge < -0.3 is 30.9 Å². The minimum absolute atomic E-state index is 0.0593. The number of aryl methyl sites for hydroxylation is 1. The van der Waals surface area contributed by atoms with Crippen LogP contribution < -0.4 is 16.4 Å². The van der Waals surface area contributed by atoms with Gasteiger partial charge in [0.15, 0.2) is 0 Å². The highest BCUT2D eigenvalue weighted by Crippen LogP contribution is 2.28. The van der Waals surface area contributed by atoms with Crippen molar-refractivity contribution in [3.05, 3.63) is 41.0 Å². The number of hydrogen-bond donors (Lipinski definition) is 5. The first-order chi connectivity index (χ1) is 18.0. The summed E-state index contributed by atoms with van der Waals surface area (Å²) in [5.74, 6) is -0.652. The quantitative estimate of drug-likeness (QED) is 0.198. The lowest BCUT2D eigenvalue weighted by atomic mass is 9.85. The van der Waals surface area contributed by atoms with E-state index in [0.717, 1.165) is 21.7 Å². The number of nitrogens with two attached hydrogens (primary N) is 1. The number of aliphatic hydroxyl groups excluding tert-OH is 2. The first-order valence-electron chi connectivity index (χ1n) is 13.0. The number of benzene rings is 1. The Hall–Kier alpha value is -2.41. The fraction of sp³-hybridized carbons (Fsp3) is 0.593. The zero-order chi connectivity index (χ0) is 27.9. The number of rotatable bonds is 12. The van der Waals surface area contributed by atoms with Gasteiger partial charge in [-0.3, -0.25) is 14.9 Å². The summed E-state index contributed by atoms with van der Waals surface area (Å²) in [6.07, 6.45) is -1.33. The van der Waals surface area contributed by atoms with E-state index in [9.17, 15) is 19.8 Å². The lowest BCUT2D eigenvalue weighted by Gasteiger charge is -2.36. The molecule has 4 atom stereocenters. The molecule has 38 heavy (non-hydrogen) atoms. The molecule has 2 heterocycles. The monoisotopic (exact) mass is 547 g/mol. The average Bonchev–Trinajstić information content (AvgIpc) is 3.48. The third-order valence-corrected chi connectivity index (χ3v) is 7.54. The molecule has 0 spiro atoms. The first-order valence-corrected chi connectivity index (χ1v) is 13.9. The highest BCUT2D eigenvalue weighted by atomic mass is 32.1. The number of aliphatic hydroxyl groups is 2. The Morgan fingerprint density at radius 1 is 1.26 bits per heavy atom. The Bertz CT molecular complexity index is 1050. The highest BCUT2D eigenvalue weighted by Gasteiger charge is 2.44. The van der Waals surface area contributed by atoms with Crippen molar-refractivity contribution in [3.8, 4) is 10.4 Å². The number of carbonyl (C=O) groups excluding carboxylic acids is 2. The standard InChI is InChI=1S/C27H41N5O5S/c1-17-23(38-16-30-17)19-7-5-18(6-8-19)14-29-25(35)21-13-20(33)15-32(21)26(36)24(27(2,3)4)31-22(34)9-11-37-12-10-28/h5-8,16,20-22,24,31,33-34H,9-15,28H2,1-4H3,(H,29,35)/t20-,21+,22?,24-/m1/s1. The van der Waals surface area contributed by atoms with Gasteiger partial charge >= 0.3 is 0 Å². The Morgan fingerprint density at radius 3 is 2.58 bits per heavy atom. The number of nitrogens with one attached hydrogen (secondary N) is 2. The number of aromatic nitrogens is 1. The van der Waals surface area contributed by atoms with Crippen LogP contribution in [0, 0.1) is 12.3 Å². The fourth-order valence-corrected chi connectivity index (χ4v) is 5.29. The van der Waals surface area contributed by atoms with E-state index in [1.165, 1.54) is 4.90 Å². The molecule has 6 N–H and O–H groups in total. The Kier molecular flexibility index (Phi) is 10.8. The van der Waals surface area contributed by atoms with Crippen molar-refractivity contribution in [2.75, 3.05) is 26.3 Å². The number of thiazole rings is 1. The van der Waals surface area contributed by atoms with Crippen LogP contribution in [0.5, 0.6) is 0 Å². The number of carbonyl (C=O) groups is 2. The average molecular weight is 548 g/mol. The van der Waals surface area contributed by atoms with Crippen molar-refractivity contribution in [2.45, 2.75) is 71.5 Å². The van der Waals surface area contributed by atoms with Crippen molar-refractivity contribution in [3.63, 3.8) is 0 Å². The summed E-state index contributed by atoms with van der Waals surface area (Å²) in [6, 6.07) is 6.36. The second-order valence-electron chi connectivity index (χ2n) is 10.7. The van der Waals surface area contributed by atoms with Gasteiger partial charge in [-0.2, -0.15) is 0 Å². The van der Waals surface area contributed by atoms with Gasteiger partial charge in [0.25, 0.3) is 0 Å². The Morgan fingerprint density at radius 2 is 1.97 bits per heavy atom. The molecule has 10 nitrogen and oxygen atoms in total. The normalized spacial score (nSPS) is 19.4. The summed E-state index contributed by atoms with van der Waals surface area (Å²) in [5, 5.41) is 26.8. The van der Waals surface area contributed by atoms with E-state index in [0.29, 0.717) is 26.3 Å². The predicted octanol–water partition coefficient (Wildman–Crippen LogP) is 1.38. The Labute approximate surface area is 228 Å². The molecule has 0 bridgehead atoms. The zero-order valence-corrected chi connectivity index (χ0v) is 23.5. The van der Waals surface area contributed by atoms with E-state index in [1.54, 1.807) is 11.3 Å². The van der Waals surface area contributed by atoms with Gasteiger partial charge in [-0.25, -0.2) is 4.98 Å². The zero-order valence-electron chi connectivity index (χ0n) is 22.6. The van der Waals surface area contributed by atoms with E-state index in [-0.39, 0.29) is 31.2 Å². The van der Waals surface area contributed by atoms with Gasteiger partial charge in [0.2, 0.25) is 11.8 Å². The van der Waals surface area contributed by atoms with Crippen LogP contribution in [0.3, 0.4) is 0 Å². The van der Waals surface area contributed by atoms with E-state index in [1.807, 2.05) is 57.5 Å². The van der Waals surface area contributed by atoms with Gasteiger partial charge in [0.1, 0.15) is 12.3 Å². The molecule has 1 fully saturated rings. The molecule has 1 aromatic carbocycles. The van der Waals surface area contributed by atoms with Crippen LogP contribution in [0.4, 0.5) is 0 Å². The Balaban J connectivity index is 1.62. The van der Waals surface area contributed by atoms with Crippen molar-refractivity contribution < 1.29 is 24.5 Å². The van der Waals surface area contributed by atoms with Crippen LogP contribution in [0.1, 0.15) is 44.9 Å². The third kappa shape index (κ3) is 8.05. The van der Waals surface area contributed by atoms with Crippen LogP contribution in [0.15, 0.2) is 29.8 Å². The molecule has 1 aliphatic rings. The van der Waals surface area contributed by atoms with Crippen LogP contribution in [-0.4, -0.2) is 82.6 Å². The molecule has 0 aliphatic carbocycles. The smallest absolute Gasteiger partial charge is 0.243 e. The van der Waals surface area contributed by atoms with Gasteiger partial charge in [-0.15, -0.1) is 11.3 Å². The molecule has 1 saturated heterocycles. The first kappa shape index (κ1) is 30.1. The van der Waals surface area contributed by atoms with Crippen LogP contribution in [0.25, 0.3) is 10.4 Å². The van der Waals surface area contributed by atoms with E-state index in [4.69, 9.17) is 10.5 Å².